The van der Waals surface area contributed by atoms with Crippen molar-refractivity contribution in [2.75, 3.05) is 39.0 Å². The smallest absolute Gasteiger partial charge is 0.272 e. The summed E-state index contributed by atoms with van der Waals surface area (Å²) in [4.78, 5) is 21.0. The SMILES string of the molecule is CCN(Cc1ccccc1)C(=O)c1cc(NCCCN(C)C)ccn1. The Morgan fingerprint density at radius 2 is 1.92 bits per heavy atom. The standard InChI is InChI=1S/C20H28N4O/c1-4-24(16-17-9-6-5-7-10-17)20(25)19-15-18(11-13-22-19)21-12-8-14-23(2)3/h5-7,9-11,13,15H,4,8,12,14,16H2,1-3H3,(H,21,22). The molecular weight excluding hydrogens is 312 g/mol. The number of carbonyl (C=O) groups is 1. The van der Waals surface area contributed by atoms with Crippen molar-refractivity contribution in [1.29, 1.82) is 0 Å². The first-order valence-corrected chi connectivity index (χ1v) is 8.78. The number of pyridine rings is 1. The molecule has 5 heteroatoms. The van der Waals surface area contributed by atoms with Gasteiger partial charge in [-0.05, 0) is 51.7 Å². The Morgan fingerprint density at radius 1 is 1.16 bits per heavy atom. The normalized spacial score (nSPS) is 10.7. The lowest BCUT2D eigenvalue weighted by atomic mass is 10.2. The van der Waals surface area contributed by atoms with E-state index in [-0.39, 0.29) is 5.91 Å². The molecule has 2 rings (SSSR count). The Bertz CT molecular complexity index is 658. The van der Waals surface area contributed by atoms with Crippen molar-refractivity contribution in [3.8, 4) is 0 Å². The van der Waals surface area contributed by atoms with Crippen molar-refractivity contribution in [3.05, 3.63) is 59.9 Å². The molecule has 0 saturated carbocycles. The van der Waals surface area contributed by atoms with E-state index in [1.165, 1.54) is 0 Å². The van der Waals surface area contributed by atoms with E-state index < -0.39 is 0 Å². The second kappa shape index (κ2) is 9.79. The van der Waals surface area contributed by atoms with Crippen LogP contribution >= 0.6 is 0 Å². The molecule has 0 aliphatic rings. The average Bonchev–Trinajstić information content (AvgIpc) is 2.63. The van der Waals surface area contributed by atoms with Crippen molar-refractivity contribution < 1.29 is 4.79 Å². The first-order chi connectivity index (χ1) is 12.1. The first-order valence-electron chi connectivity index (χ1n) is 8.78. The van der Waals surface area contributed by atoms with Crippen LogP contribution in [0.3, 0.4) is 0 Å². The van der Waals surface area contributed by atoms with Crippen molar-refractivity contribution >= 4 is 11.6 Å². The minimum Gasteiger partial charge on any atom is -0.385 e. The summed E-state index contributed by atoms with van der Waals surface area (Å²) in [6.07, 6.45) is 2.74. The molecule has 0 aliphatic heterocycles. The molecule has 0 bridgehead atoms. The van der Waals surface area contributed by atoms with Gasteiger partial charge in [-0.15, -0.1) is 0 Å². The molecule has 0 spiro atoms. The molecule has 25 heavy (non-hydrogen) atoms. The minimum atomic E-state index is -0.0386. The quantitative estimate of drug-likeness (QED) is 0.713. The molecule has 0 unspecified atom stereocenters. The predicted octanol–water partition coefficient (Wildman–Crippen LogP) is 3.11. The van der Waals surface area contributed by atoms with Crippen molar-refractivity contribution in [2.45, 2.75) is 19.9 Å². The Hall–Kier alpha value is -2.40. The van der Waals surface area contributed by atoms with Gasteiger partial charge in [0, 0.05) is 31.5 Å². The van der Waals surface area contributed by atoms with Crippen molar-refractivity contribution in [2.24, 2.45) is 0 Å². The number of aromatic nitrogens is 1. The van der Waals surface area contributed by atoms with Crippen LogP contribution in [0.5, 0.6) is 0 Å². The molecule has 5 nitrogen and oxygen atoms in total. The summed E-state index contributed by atoms with van der Waals surface area (Å²) in [6, 6.07) is 13.8. The molecule has 1 heterocycles. The summed E-state index contributed by atoms with van der Waals surface area (Å²) in [5.74, 6) is -0.0386. The summed E-state index contributed by atoms with van der Waals surface area (Å²) in [7, 11) is 4.13. The Kier molecular flexibility index (Phi) is 7.41. The van der Waals surface area contributed by atoms with Gasteiger partial charge in [-0.2, -0.15) is 0 Å². The molecule has 0 fully saturated rings. The topological polar surface area (TPSA) is 48.5 Å². The Labute approximate surface area is 150 Å². The Balaban J connectivity index is 1.98. The molecule has 0 radical (unpaired) electrons. The zero-order valence-electron chi connectivity index (χ0n) is 15.4. The predicted molar refractivity (Wildman–Crippen MR) is 103 cm³/mol. The number of benzene rings is 1. The summed E-state index contributed by atoms with van der Waals surface area (Å²) < 4.78 is 0. The van der Waals surface area contributed by atoms with Gasteiger partial charge in [0.2, 0.25) is 0 Å². The molecular formula is C20H28N4O. The largest absolute Gasteiger partial charge is 0.385 e. The molecule has 0 atom stereocenters. The maximum absolute atomic E-state index is 12.8. The fraction of sp³-hybridized carbons (Fsp3) is 0.400. The first kappa shape index (κ1) is 18.9. The van der Waals surface area contributed by atoms with Crippen LogP contribution in [-0.4, -0.2) is 54.4 Å². The summed E-state index contributed by atoms with van der Waals surface area (Å²) in [5, 5.41) is 3.36. The number of carbonyl (C=O) groups excluding carboxylic acids is 1. The maximum Gasteiger partial charge on any atom is 0.272 e. The van der Waals surface area contributed by atoms with Crippen LogP contribution in [0.15, 0.2) is 48.7 Å². The van der Waals surface area contributed by atoms with Gasteiger partial charge >= 0.3 is 0 Å². The second-order valence-electron chi connectivity index (χ2n) is 6.32. The third-order valence-electron chi connectivity index (χ3n) is 3.98. The van der Waals surface area contributed by atoms with E-state index in [4.69, 9.17) is 0 Å². The lowest BCUT2D eigenvalue weighted by Gasteiger charge is -2.21. The molecule has 134 valence electrons. The summed E-state index contributed by atoms with van der Waals surface area (Å²) >= 11 is 0. The lowest BCUT2D eigenvalue weighted by molar-refractivity contribution is 0.0746. The summed E-state index contributed by atoms with van der Waals surface area (Å²) in [6.45, 7) is 5.14. The van der Waals surface area contributed by atoms with Crippen LogP contribution in [0.2, 0.25) is 0 Å². The van der Waals surface area contributed by atoms with Gasteiger partial charge in [-0.25, -0.2) is 0 Å². The number of hydrogen-bond acceptors (Lipinski definition) is 4. The van der Waals surface area contributed by atoms with Crippen LogP contribution in [-0.2, 0) is 6.54 Å². The highest BCUT2D eigenvalue weighted by molar-refractivity contribution is 5.93. The molecule has 1 amide bonds. The van der Waals surface area contributed by atoms with E-state index in [2.05, 4.69) is 29.3 Å². The zero-order valence-corrected chi connectivity index (χ0v) is 15.4. The van der Waals surface area contributed by atoms with Crippen molar-refractivity contribution in [3.63, 3.8) is 0 Å². The number of nitrogens with zero attached hydrogens (tertiary/aromatic N) is 3. The molecule has 0 aliphatic carbocycles. The van der Waals surface area contributed by atoms with Gasteiger partial charge in [0.25, 0.3) is 5.91 Å². The van der Waals surface area contributed by atoms with E-state index in [1.807, 2.05) is 54.3 Å². The van der Waals surface area contributed by atoms with Gasteiger partial charge in [0.05, 0.1) is 0 Å². The molecule has 2 aromatic rings. The Morgan fingerprint density at radius 3 is 2.60 bits per heavy atom. The van der Waals surface area contributed by atoms with E-state index >= 15 is 0 Å². The van der Waals surface area contributed by atoms with Crippen LogP contribution in [0.4, 0.5) is 5.69 Å². The highest BCUT2D eigenvalue weighted by Crippen LogP contribution is 2.12. The van der Waals surface area contributed by atoms with Gasteiger partial charge in [-0.1, -0.05) is 30.3 Å². The van der Waals surface area contributed by atoms with E-state index in [9.17, 15) is 4.79 Å². The summed E-state index contributed by atoms with van der Waals surface area (Å²) in [5.41, 5.74) is 2.54. The third kappa shape index (κ3) is 6.19. The van der Waals surface area contributed by atoms with Crippen LogP contribution in [0.25, 0.3) is 0 Å². The van der Waals surface area contributed by atoms with Crippen LogP contribution in [0.1, 0.15) is 29.4 Å². The van der Waals surface area contributed by atoms with E-state index in [0.29, 0.717) is 18.8 Å². The number of rotatable bonds is 9. The van der Waals surface area contributed by atoms with Gasteiger partial charge < -0.3 is 15.1 Å². The van der Waals surface area contributed by atoms with Crippen LogP contribution < -0.4 is 5.32 Å². The third-order valence-corrected chi connectivity index (χ3v) is 3.98. The maximum atomic E-state index is 12.8. The fourth-order valence-corrected chi connectivity index (χ4v) is 2.58. The van der Waals surface area contributed by atoms with Crippen molar-refractivity contribution in [1.82, 2.24) is 14.8 Å². The molecule has 1 aromatic carbocycles. The molecule has 1 N–H and O–H groups in total. The van der Waals surface area contributed by atoms with Gasteiger partial charge in [0.1, 0.15) is 5.69 Å². The molecule has 0 saturated heterocycles. The zero-order chi connectivity index (χ0) is 18.1. The highest BCUT2D eigenvalue weighted by atomic mass is 16.2. The fourth-order valence-electron chi connectivity index (χ4n) is 2.58. The average molecular weight is 340 g/mol. The van der Waals surface area contributed by atoms with E-state index in [0.717, 1.165) is 30.8 Å². The van der Waals surface area contributed by atoms with Crippen LogP contribution in [0, 0.1) is 0 Å². The van der Waals surface area contributed by atoms with Gasteiger partial charge in [-0.3, -0.25) is 9.78 Å². The number of hydrogen-bond donors (Lipinski definition) is 1. The lowest BCUT2D eigenvalue weighted by Crippen LogP contribution is -2.31. The highest BCUT2D eigenvalue weighted by Gasteiger charge is 2.16. The van der Waals surface area contributed by atoms with Gasteiger partial charge in [0.15, 0.2) is 0 Å². The van der Waals surface area contributed by atoms with E-state index in [1.54, 1.807) is 6.20 Å². The molecule has 1 aromatic heterocycles. The number of nitrogens with one attached hydrogen (secondary N) is 1. The monoisotopic (exact) mass is 340 g/mol. The number of anilines is 1. The minimum absolute atomic E-state index is 0.0386. The second-order valence-corrected chi connectivity index (χ2v) is 6.32. The number of amides is 1.